The molecule has 3 rings (SSSR count). The highest BCUT2D eigenvalue weighted by molar-refractivity contribution is 5.89. The van der Waals surface area contributed by atoms with Gasteiger partial charge in [-0.1, -0.05) is 71.9 Å². The molecule has 2 aromatic carbocycles. The van der Waals surface area contributed by atoms with E-state index in [4.69, 9.17) is 0 Å². The van der Waals surface area contributed by atoms with Crippen molar-refractivity contribution in [3.63, 3.8) is 0 Å². The van der Waals surface area contributed by atoms with Crippen LogP contribution in [0.4, 0.5) is 0 Å². The van der Waals surface area contributed by atoms with Crippen LogP contribution in [0.25, 0.3) is 5.57 Å². The van der Waals surface area contributed by atoms with Gasteiger partial charge in [-0.15, -0.1) is 0 Å². The summed E-state index contributed by atoms with van der Waals surface area (Å²) < 4.78 is 0. The number of carboxylic acids is 1. The fourth-order valence-electron chi connectivity index (χ4n) is 4.48. The SMILES string of the molecule is C=C(c1ccc(C(=O)O)cc1)c1cc2c(cc1CCCC)C(C)(C)CCC2(C)C. The smallest absolute Gasteiger partial charge is 0.335 e. The van der Waals surface area contributed by atoms with Crippen LogP contribution in [0.5, 0.6) is 0 Å². The summed E-state index contributed by atoms with van der Waals surface area (Å²) >= 11 is 0. The molecule has 1 aliphatic rings. The Bertz CT molecular complexity index is 930. The molecule has 0 spiro atoms. The van der Waals surface area contributed by atoms with Crippen molar-refractivity contribution < 1.29 is 9.90 Å². The van der Waals surface area contributed by atoms with Gasteiger partial charge in [0.05, 0.1) is 5.56 Å². The molecule has 0 amide bonds. The molecular formula is C27H34O2. The van der Waals surface area contributed by atoms with Gasteiger partial charge in [0, 0.05) is 0 Å². The maximum Gasteiger partial charge on any atom is 0.335 e. The highest BCUT2D eigenvalue weighted by atomic mass is 16.4. The highest BCUT2D eigenvalue weighted by Gasteiger charge is 2.37. The second kappa shape index (κ2) is 7.82. The first-order valence-electron chi connectivity index (χ1n) is 10.8. The lowest BCUT2D eigenvalue weighted by molar-refractivity contribution is 0.0697. The zero-order valence-electron chi connectivity index (χ0n) is 18.6. The number of aromatic carboxylic acids is 1. The number of fused-ring (bicyclic) bond motifs is 1. The fraction of sp³-hybridized carbons (Fsp3) is 0.444. The molecule has 0 fully saturated rings. The van der Waals surface area contributed by atoms with Crippen LogP contribution < -0.4 is 0 Å². The first-order chi connectivity index (χ1) is 13.6. The largest absolute Gasteiger partial charge is 0.478 e. The van der Waals surface area contributed by atoms with Gasteiger partial charge >= 0.3 is 5.97 Å². The summed E-state index contributed by atoms with van der Waals surface area (Å²) in [5, 5.41) is 9.19. The van der Waals surface area contributed by atoms with Gasteiger partial charge in [0.25, 0.3) is 0 Å². The average molecular weight is 391 g/mol. The van der Waals surface area contributed by atoms with Gasteiger partial charge < -0.3 is 5.11 Å². The van der Waals surface area contributed by atoms with Gasteiger partial charge in [0.15, 0.2) is 0 Å². The van der Waals surface area contributed by atoms with Crippen LogP contribution in [-0.2, 0) is 17.3 Å². The van der Waals surface area contributed by atoms with E-state index in [2.05, 4.69) is 53.3 Å². The van der Waals surface area contributed by atoms with Crippen LogP contribution in [0, 0.1) is 0 Å². The minimum Gasteiger partial charge on any atom is -0.478 e. The van der Waals surface area contributed by atoms with E-state index in [1.165, 1.54) is 35.1 Å². The quantitative estimate of drug-likeness (QED) is 0.569. The summed E-state index contributed by atoms with van der Waals surface area (Å²) in [5.41, 5.74) is 8.11. The normalized spacial score (nSPS) is 16.9. The summed E-state index contributed by atoms with van der Waals surface area (Å²) in [7, 11) is 0. The number of carbonyl (C=O) groups is 1. The standard InChI is InChI=1S/C27H34O2/c1-7-8-9-21-16-23-24(27(5,6)15-14-26(23,3)4)17-22(21)18(2)19-10-12-20(13-11-19)25(28)29/h10-13,16-17H,2,7-9,14-15H2,1,3-6H3,(H,28,29). The molecule has 2 heteroatoms. The molecule has 0 aliphatic heterocycles. The number of carboxylic acid groups (broad SMARTS) is 1. The van der Waals surface area contributed by atoms with Crippen LogP contribution in [0.1, 0.15) is 98.5 Å². The van der Waals surface area contributed by atoms with Gasteiger partial charge in [-0.3, -0.25) is 0 Å². The van der Waals surface area contributed by atoms with E-state index < -0.39 is 5.97 Å². The van der Waals surface area contributed by atoms with Crippen molar-refractivity contribution in [2.75, 3.05) is 0 Å². The second-order valence-corrected chi connectivity index (χ2v) is 9.79. The molecule has 0 heterocycles. The summed E-state index contributed by atoms with van der Waals surface area (Å²) in [6.07, 6.45) is 5.74. The Morgan fingerprint density at radius 2 is 1.48 bits per heavy atom. The van der Waals surface area contributed by atoms with Crippen molar-refractivity contribution >= 4 is 11.5 Å². The number of hydrogen-bond donors (Lipinski definition) is 1. The second-order valence-electron chi connectivity index (χ2n) is 9.79. The van der Waals surface area contributed by atoms with E-state index >= 15 is 0 Å². The first kappa shape index (κ1) is 21.4. The van der Waals surface area contributed by atoms with E-state index in [0.717, 1.165) is 30.4 Å². The van der Waals surface area contributed by atoms with E-state index in [9.17, 15) is 9.90 Å². The molecule has 0 atom stereocenters. The zero-order valence-corrected chi connectivity index (χ0v) is 18.6. The molecule has 1 aliphatic carbocycles. The van der Waals surface area contributed by atoms with Crippen molar-refractivity contribution in [1.29, 1.82) is 0 Å². The first-order valence-corrected chi connectivity index (χ1v) is 10.8. The van der Waals surface area contributed by atoms with Crippen LogP contribution in [0.15, 0.2) is 43.0 Å². The Morgan fingerprint density at radius 1 is 0.966 bits per heavy atom. The summed E-state index contributed by atoms with van der Waals surface area (Å²) in [6.45, 7) is 16.1. The number of benzene rings is 2. The molecule has 0 bridgehead atoms. The van der Waals surface area contributed by atoms with Gasteiger partial charge in [-0.25, -0.2) is 4.79 Å². The highest BCUT2D eigenvalue weighted by Crippen LogP contribution is 2.47. The number of hydrogen-bond acceptors (Lipinski definition) is 1. The van der Waals surface area contributed by atoms with E-state index in [1.54, 1.807) is 12.1 Å². The maximum atomic E-state index is 11.2. The lowest BCUT2D eigenvalue weighted by atomic mass is 9.62. The predicted octanol–water partition coefficient (Wildman–Crippen LogP) is 7.14. The average Bonchev–Trinajstić information content (AvgIpc) is 2.69. The summed E-state index contributed by atoms with van der Waals surface area (Å²) in [4.78, 5) is 11.2. The minimum atomic E-state index is -0.899. The molecular weight excluding hydrogens is 356 g/mol. The Morgan fingerprint density at radius 3 is 2.00 bits per heavy atom. The molecule has 154 valence electrons. The van der Waals surface area contributed by atoms with Gasteiger partial charge in [-0.2, -0.15) is 0 Å². The fourth-order valence-corrected chi connectivity index (χ4v) is 4.48. The monoisotopic (exact) mass is 390 g/mol. The van der Waals surface area contributed by atoms with Crippen molar-refractivity contribution in [2.45, 2.75) is 77.6 Å². The van der Waals surface area contributed by atoms with Crippen LogP contribution in [-0.4, -0.2) is 11.1 Å². The summed E-state index contributed by atoms with van der Waals surface area (Å²) in [6, 6.07) is 11.9. The Balaban J connectivity index is 2.13. The molecule has 1 N–H and O–H groups in total. The van der Waals surface area contributed by atoms with Gasteiger partial charge in [-0.05, 0) is 82.0 Å². The lowest BCUT2D eigenvalue weighted by Gasteiger charge is -2.42. The third-order valence-electron chi connectivity index (χ3n) is 6.68. The van der Waals surface area contributed by atoms with Gasteiger partial charge in [0.2, 0.25) is 0 Å². The van der Waals surface area contributed by atoms with Crippen LogP contribution in [0.2, 0.25) is 0 Å². The molecule has 0 saturated heterocycles. The number of unbranched alkanes of at least 4 members (excludes halogenated alkanes) is 1. The predicted molar refractivity (Wildman–Crippen MR) is 122 cm³/mol. The zero-order chi connectivity index (χ0) is 21.4. The topological polar surface area (TPSA) is 37.3 Å². The Labute approximate surface area is 175 Å². The van der Waals surface area contributed by atoms with Crippen molar-refractivity contribution in [3.8, 4) is 0 Å². The third-order valence-corrected chi connectivity index (χ3v) is 6.68. The number of aryl methyl sites for hydroxylation is 1. The minimum absolute atomic E-state index is 0.149. The van der Waals surface area contributed by atoms with Crippen molar-refractivity contribution in [3.05, 3.63) is 76.4 Å². The molecule has 29 heavy (non-hydrogen) atoms. The maximum absolute atomic E-state index is 11.2. The Kier molecular flexibility index (Phi) is 5.76. The van der Waals surface area contributed by atoms with E-state index in [-0.39, 0.29) is 10.8 Å². The molecule has 2 nitrogen and oxygen atoms in total. The van der Waals surface area contributed by atoms with Crippen LogP contribution >= 0.6 is 0 Å². The van der Waals surface area contributed by atoms with Crippen molar-refractivity contribution in [2.24, 2.45) is 0 Å². The molecule has 2 aromatic rings. The van der Waals surface area contributed by atoms with E-state index in [1.807, 2.05) is 12.1 Å². The summed E-state index contributed by atoms with van der Waals surface area (Å²) in [5.74, 6) is -0.899. The molecule has 0 aromatic heterocycles. The Hall–Kier alpha value is -2.35. The van der Waals surface area contributed by atoms with Crippen LogP contribution in [0.3, 0.4) is 0 Å². The molecule has 0 radical (unpaired) electrons. The third kappa shape index (κ3) is 4.17. The molecule has 0 unspecified atom stereocenters. The van der Waals surface area contributed by atoms with E-state index in [0.29, 0.717) is 5.56 Å². The lowest BCUT2D eigenvalue weighted by Crippen LogP contribution is -2.34. The number of rotatable bonds is 6. The molecule has 0 saturated carbocycles. The van der Waals surface area contributed by atoms with Crippen molar-refractivity contribution in [1.82, 2.24) is 0 Å². The van der Waals surface area contributed by atoms with Gasteiger partial charge in [0.1, 0.15) is 0 Å².